The lowest BCUT2D eigenvalue weighted by atomic mass is 9.96. The molecule has 0 bridgehead atoms. The minimum absolute atomic E-state index is 0.00268. The van der Waals surface area contributed by atoms with E-state index in [1.165, 1.54) is 10.7 Å². The van der Waals surface area contributed by atoms with E-state index in [-0.39, 0.29) is 21.0 Å². The van der Waals surface area contributed by atoms with Crippen molar-refractivity contribution in [3.8, 4) is 0 Å². The Bertz CT molecular complexity index is 577. The van der Waals surface area contributed by atoms with Crippen LogP contribution in [-0.2, 0) is 10.0 Å². The van der Waals surface area contributed by atoms with E-state index >= 15 is 0 Å². The van der Waals surface area contributed by atoms with Crippen LogP contribution in [0.25, 0.3) is 0 Å². The van der Waals surface area contributed by atoms with Crippen LogP contribution in [-0.4, -0.2) is 25.8 Å². The van der Waals surface area contributed by atoms with E-state index in [9.17, 15) is 8.42 Å². The summed E-state index contributed by atoms with van der Waals surface area (Å²) in [5.41, 5.74) is 0. The molecule has 0 spiro atoms. The predicted octanol–water partition coefficient (Wildman–Crippen LogP) is 4.71. The number of hydrogen-bond donors (Lipinski definition) is 0. The number of nitrogens with zero attached hydrogens (tertiary/aromatic N) is 1. The van der Waals surface area contributed by atoms with Crippen molar-refractivity contribution in [3.63, 3.8) is 0 Å². The molecule has 0 radical (unpaired) electrons. The van der Waals surface area contributed by atoms with Gasteiger partial charge in [0.05, 0.1) is 10.0 Å². The molecule has 1 fully saturated rings. The lowest BCUT2D eigenvalue weighted by Gasteiger charge is -2.30. The Morgan fingerprint density at radius 3 is 2.15 bits per heavy atom. The Balaban J connectivity index is 2.39. The zero-order valence-corrected chi connectivity index (χ0v) is 15.0. The van der Waals surface area contributed by atoms with E-state index in [1.807, 2.05) is 0 Å². The summed E-state index contributed by atoms with van der Waals surface area (Å²) in [6.07, 6.45) is 5.08. The molecule has 0 heterocycles. The van der Waals surface area contributed by atoms with Gasteiger partial charge in [-0.15, -0.1) is 0 Å². The van der Waals surface area contributed by atoms with E-state index in [0.29, 0.717) is 4.47 Å². The lowest BCUT2D eigenvalue weighted by molar-refractivity contribution is 0.286. The van der Waals surface area contributed by atoms with Crippen LogP contribution in [0.2, 0.25) is 10.0 Å². The normalized spacial score (nSPS) is 17.6. The van der Waals surface area contributed by atoms with E-state index < -0.39 is 10.0 Å². The third-order valence-electron chi connectivity index (χ3n) is 3.69. The van der Waals surface area contributed by atoms with Crippen LogP contribution in [0, 0.1) is 0 Å². The molecule has 0 saturated heterocycles. The largest absolute Gasteiger partial charge is 0.246 e. The van der Waals surface area contributed by atoms with Gasteiger partial charge in [0.2, 0.25) is 10.0 Å². The van der Waals surface area contributed by atoms with Gasteiger partial charge in [-0.3, -0.25) is 0 Å². The van der Waals surface area contributed by atoms with Gasteiger partial charge in [0, 0.05) is 17.6 Å². The average molecular weight is 401 g/mol. The number of rotatable bonds is 3. The molecule has 20 heavy (non-hydrogen) atoms. The van der Waals surface area contributed by atoms with Gasteiger partial charge in [-0.05, 0) is 25.0 Å². The highest BCUT2D eigenvalue weighted by molar-refractivity contribution is 9.10. The summed E-state index contributed by atoms with van der Waals surface area (Å²) >= 11 is 15.4. The summed E-state index contributed by atoms with van der Waals surface area (Å²) in [5.74, 6) is 0. The van der Waals surface area contributed by atoms with Gasteiger partial charge >= 0.3 is 0 Å². The number of sulfonamides is 1. The molecule has 7 heteroatoms. The summed E-state index contributed by atoms with van der Waals surface area (Å²) in [6, 6.07) is 3.13. The van der Waals surface area contributed by atoms with Crippen molar-refractivity contribution in [2.24, 2.45) is 0 Å². The minimum Gasteiger partial charge on any atom is -0.207 e. The SMILES string of the molecule is CN(C1CCCCC1)S(=O)(=O)c1c(Cl)cc(Br)cc1Cl. The first-order chi connectivity index (χ1) is 9.34. The fourth-order valence-electron chi connectivity index (χ4n) is 2.56. The van der Waals surface area contributed by atoms with Gasteiger partial charge in [0.15, 0.2) is 0 Å². The second-order valence-corrected chi connectivity index (χ2v) is 8.68. The van der Waals surface area contributed by atoms with Crippen molar-refractivity contribution in [2.75, 3.05) is 7.05 Å². The predicted molar refractivity (Wildman–Crippen MR) is 86.0 cm³/mol. The number of hydrogen-bond acceptors (Lipinski definition) is 2. The summed E-state index contributed by atoms with van der Waals surface area (Å²) in [6.45, 7) is 0. The highest BCUT2D eigenvalue weighted by Crippen LogP contribution is 2.36. The molecule has 0 aromatic heterocycles. The minimum atomic E-state index is -3.67. The van der Waals surface area contributed by atoms with Crippen molar-refractivity contribution < 1.29 is 8.42 Å². The summed E-state index contributed by atoms with van der Waals surface area (Å²) in [7, 11) is -2.06. The van der Waals surface area contributed by atoms with Gasteiger partial charge < -0.3 is 0 Å². The first-order valence-electron chi connectivity index (χ1n) is 6.46. The standard InChI is InChI=1S/C13H16BrCl2NO2S/c1-17(10-5-3-2-4-6-10)20(18,19)13-11(15)7-9(14)8-12(13)16/h7-8,10H,2-6H2,1H3. The highest BCUT2D eigenvalue weighted by atomic mass is 79.9. The summed E-state index contributed by atoms with van der Waals surface area (Å²) < 4.78 is 27.5. The molecule has 1 aliphatic carbocycles. The fourth-order valence-corrected chi connectivity index (χ4v) is 5.86. The molecule has 1 aromatic rings. The van der Waals surface area contributed by atoms with Gasteiger partial charge in [0.25, 0.3) is 0 Å². The van der Waals surface area contributed by atoms with Gasteiger partial charge in [-0.1, -0.05) is 58.4 Å². The molecule has 0 aliphatic heterocycles. The van der Waals surface area contributed by atoms with Crippen molar-refractivity contribution in [2.45, 2.75) is 43.0 Å². The monoisotopic (exact) mass is 399 g/mol. The van der Waals surface area contributed by atoms with Gasteiger partial charge in [0.1, 0.15) is 4.90 Å². The molecule has 1 aliphatic rings. The second kappa shape index (κ2) is 6.53. The van der Waals surface area contributed by atoms with Crippen molar-refractivity contribution in [3.05, 3.63) is 26.7 Å². The van der Waals surface area contributed by atoms with Crippen LogP contribution in [0.15, 0.2) is 21.5 Å². The molecule has 0 N–H and O–H groups in total. The molecule has 112 valence electrons. The van der Waals surface area contributed by atoms with E-state index in [0.717, 1.165) is 25.7 Å². The molecule has 0 unspecified atom stereocenters. The fraction of sp³-hybridized carbons (Fsp3) is 0.538. The maximum atomic E-state index is 12.7. The summed E-state index contributed by atoms with van der Waals surface area (Å²) in [4.78, 5) is -0.00268. The van der Waals surface area contributed by atoms with E-state index in [1.54, 1.807) is 19.2 Å². The van der Waals surface area contributed by atoms with Gasteiger partial charge in [-0.2, -0.15) is 4.31 Å². The van der Waals surface area contributed by atoms with Crippen LogP contribution < -0.4 is 0 Å². The molecular weight excluding hydrogens is 385 g/mol. The van der Waals surface area contributed by atoms with Crippen molar-refractivity contribution in [1.29, 1.82) is 0 Å². The third kappa shape index (κ3) is 3.33. The molecule has 3 nitrogen and oxygen atoms in total. The second-order valence-electron chi connectivity index (χ2n) is 5.01. The Kier molecular flexibility index (Phi) is 5.40. The highest BCUT2D eigenvalue weighted by Gasteiger charge is 2.32. The molecular formula is C13H16BrCl2NO2S. The molecule has 0 amide bonds. The molecule has 1 saturated carbocycles. The van der Waals surface area contributed by atoms with Crippen molar-refractivity contribution >= 4 is 49.2 Å². The van der Waals surface area contributed by atoms with Crippen LogP contribution >= 0.6 is 39.1 Å². The lowest BCUT2D eigenvalue weighted by Crippen LogP contribution is -2.38. The van der Waals surface area contributed by atoms with Crippen LogP contribution in [0.5, 0.6) is 0 Å². The Morgan fingerprint density at radius 2 is 1.65 bits per heavy atom. The summed E-state index contributed by atoms with van der Waals surface area (Å²) in [5, 5.41) is 0.291. The third-order valence-corrected chi connectivity index (χ3v) is 6.98. The first kappa shape index (κ1) is 16.6. The molecule has 0 atom stereocenters. The van der Waals surface area contributed by atoms with Crippen LogP contribution in [0.3, 0.4) is 0 Å². The maximum absolute atomic E-state index is 12.7. The quantitative estimate of drug-likeness (QED) is 0.736. The first-order valence-corrected chi connectivity index (χ1v) is 9.45. The van der Waals surface area contributed by atoms with E-state index in [4.69, 9.17) is 23.2 Å². The van der Waals surface area contributed by atoms with Crippen molar-refractivity contribution in [1.82, 2.24) is 4.31 Å². The number of halogens is 3. The maximum Gasteiger partial charge on any atom is 0.246 e. The average Bonchev–Trinajstić information content (AvgIpc) is 2.37. The Labute approximate surface area is 138 Å². The van der Waals surface area contributed by atoms with Gasteiger partial charge in [-0.25, -0.2) is 8.42 Å². The van der Waals surface area contributed by atoms with Crippen LogP contribution in [0.1, 0.15) is 32.1 Å². The Morgan fingerprint density at radius 1 is 1.15 bits per heavy atom. The zero-order chi connectivity index (χ0) is 14.9. The number of benzene rings is 1. The Hall–Kier alpha value is 0.190. The zero-order valence-electron chi connectivity index (χ0n) is 11.1. The molecule has 2 rings (SSSR count). The smallest absolute Gasteiger partial charge is 0.207 e. The topological polar surface area (TPSA) is 37.4 Å². The molecule has 1 aromatic carbocycles. The van der Waals surface area contributed by atoms with E-state index in [2.05, 4.69) is 15.9 Å². The van der Waals surface area contributed by atoms with Crippen LogP contribution in [0.4, 0.5) is 0 Å².